The predicted octanol–water partition coefficient (Wildman–Crippen LogP) is 4.66. The third kappa shape index (κ3) is 6.86. The predicted molar refractivity (Wildman–Crippen MR) is 103 cm³/mol. The molecule has 0 spiro atoms. The average Bonchev–Trinajstić information content (AvgIpc) is 2.59. The molecule has 2 nitrogen and oxygen atoms in total. The molecule has 0 aromatic heterocycles. The maximum absolute atomic E-state index is 3.47. The van der Waals surface area contributed by atoms with E-state index in [-0.39, 0.29) is 0 Å². The van der Waals surface area contributed by atoms with Crippen LogP contribution in [0.15, 0.2) is 65.1 Å². The van der Waals surface area contributed by atoms with Crippen LogP contribution in [0, 0.1) is 0 Å². The fraction of sp³-hybridized carbons (Fsp3) is 0.400. The molecule has 0 radical (unpaired) electrons. The molecule has 3 rings (SSSR count). The Balaban J connectivity index is 0.000000268. The van der Waals surface area contributed by atoms with Crippen molar-refractivity contribution >= 4 is 15.9 Å². The quantitative estimate of drug-likeness (QED) is 0.770. The molecule has 1 fully saturated rings. The van der Waals surface area contributed by atoms with E-state index < -0.39 is 0 Å². The SMILES string of the molecule is CC(C)N1CCN(Cc2ccc(Br)cc2)CC1.c1ccccc1. The van der Waals surface area contributed by atoms with Crippen molar-refractivity contribution in [2.45, 2.75) is 26.4 Å². The summed E-state index contributed by atoms with van der Waals surface area (Å²) in [6.07, 6.45) is 0. The summed E-state index contributed by atoms with van der Waals surface area (Å²) in [6, 6.07) is 21.3. The molecule has 0 atom stereocenters. The number of nitrogens with zero attached hydrogens (tertiary/aromatic N) is 2. The van der Waals surface area contributed by atoms with Crippen LogP contribution in [0.25, 0.3) is 0 Å². The molecule has 0 unspecified atom stereocenters. The highest BCUT2D eigenvalue weighted by Crippen LogP contribution is 2.14. The van der Waals surface area contributed by atoms with E-state index >= 15 is 0 Å². The van der Waals surface area contributed by atoms with Crippen LogP contribution in [-0.4, -0.2) is 42.0 Å². The van der Waals surface area contributed by atoms with Crippen molar-refractivity contribution in [3.05, 3.63) is 70.7 Å². The second-order valence-corrected chi connectivity index (χ2v) is 7.10. The molecule has 0 N–H and O–H groups in total. The van der Waals surface area contributed by atoms with Crippen molar-refractivity contribution < 1.29 is 0 Å². The zero-order chi connectivity index (χ0) is 16.5. The smallest absolute Gasteiger partial charge is 0.0234 e. The van der Waals surface area contributed by atoms with Crippen LogP contribution in [-0.2, 0) is 6.54 Å². The molecule has 0 amide bonds. The van der Waals surface area contributed by atoms with Crippen LogP contribution >= 0.6 is 15.9 Å². The lowest BCUT2D eigenvalue weighted by molar-refractivity contribution is 0.104. The normalized spacial score (nSPS) is 16.0. The summed E-state index contributed by atoms with van der Waals surface area (Å²) in [5.41, 5.74) is 1.41. The number of halogens is 1. The largest absolute Gasteiger partial charge is 0.298 e. The van der Waals surface area contributed by atoms with Crippen molar-refractivity contribution in [2.75, 3.05) is 26.2 Å². The van der Waals surface area contributed by atoms with E-state index in [2.05, 4.69) is 63.8 Å². The molecule has 23 heavy (non-hydrogen) atoms. The van der Waals surface area contributed by atoms with E-state index in [0.29, 0.717) is 6.04 Å². The van der Waals surface area contributed by atoms with Crippen molar-refractivity contribution in [3.8, 4) is 0 Å². The van der Waals surface area contributed by atoms with Gasteiger partial charge in [-0.25, -0.2) is 0 Å². The number of rotatable bonds is 3. The van der Waals surface area contributed by atoms with Gasteiger partial charge in [0.15, 0.2) is 0 Å². The van der Waals surface area contributed by atoms with Gasteiger partial charge in [0.1, 0.15) is 0 Å². The van der Waals surface area contributed by atoms with E-state index in [0.717, 1.165) is 11.0 Å². The van der Waals surface area contributed by atoms with Gasteiger partial charge >= 0.3 is 0 Å². The Kier molecular flexibility index (Phi) is 7.80. The van der Waals surface area contributed by atoms with Crippen molar-refractivity contribution in [2.24, 2.45) is 0 Å². The highest BCUT2D eigenvalue weighted by atomic mass is 79.9. The lowest BCUT2D eigenvalue weighted by atomic mass is 10.2. The summed E-state index contributed by atoms with van der Waals surface area (Å²) in [5.74, 6) is 0. The Morgan fingerprint density at radius 2 is 1.30 bits per heavy atom. The van der Waals surface area contributed by atoms with Gasteiger partial charge in [0.2, 0.25) is 0 Å². The average molecular weight is 375 g/mol. The second kappa shape index (κ2) is 9.86. The summed E-state index contributed by atoms with van der Waals surface area (Å²) < 4.78 is 1.16. The van der Waals surface area contributed by atoms with Crippen LogP contribution < -0.4 is 0 Å². The maximum Gasteiger partial charge on any atom is 0.0234 e. The first-order chi connectivity index (χ1) is 11.1. The van der Waals surface area contributed by atoms with Crippen molar-refractivity contribution in [1.82, 2.24) is 9.80 Å². The lowest BCUT2D eigenvalue weighted by Crippen LogP contribution is -2.48. The molecule has 1 aliphatic heterocycles. The van der Waals surface area contributed by atoms with Crippen LogP contribution in [0.2, 0.25) is 0 Å². The Hall–Kier alpha value is -1.16. The van der Waals surface area contributed by atoms with Gasteiger partial charge < -0.3 is 0 Å². The molecule has 3 heteroatoms. The molecule has 0 aliphatic carbocycles. The Bertz CT molecular complexity index is 505. The molecule has 1 saturated heterocycles. The fourth-order valence-electron chi connectivity index (χ4n) is 2.67. The summed E-state index contributed by atoms with van der Waals surface area (Å²) >= 11 is 3.47. The molecular weight excluding hydrogens is 348 g/mol. The zero-order valence-corrected chi connectivity index (χ0v) is 15.7. The molecule has 0 bridgehead atoms. The van der Waals surface area contributed by atoms with E-state index in [1.165, 1.54) is 31.7 Å². The molecule has 1 heterocycles. The highest BCUT2D eigenvalue weighted by Gasteiger charge is 2.18. The lowest BCUT2D eigenvalue weighted by Gasteiger charge is -2.36. The minimum atomic E-state index is 0.685. The summed E-state index contributed by atoms with van der Waals surface area (Å²) in [7, 11) is 0. The van der Waals surface area contributed by atoms with Gasteiger partial charge in [-0.05, 0) is 31.5 Å². The third-order valence-electron chi connectivity index (χ3n) is 4.12. The first-order valence-electron chi connectivity index (χ1n) is 8.36. The van der Waals surface area contributed by atoms with Crippen LogP contribution in [0.5, 0.6) is 0 Å². The van der Waals surface area contributed by atoms with Crippen LogP contribution in [0.3, 0.4) is 0 Å². The van der Waals surface area contributed by atoms with Crippen LogP contribution in [0.1, 0.15) is 19.4 Å². The number of benzene rings is 2. The summed E-state index contributed by atoms with van der Waals surface area (Å²) in [5, 5.41) is 0. The fourth-order valence-corrected chi connectivity index (χ4v) is 2.94. The molecule has 1 aliphatic rings. The van der Waals surface area contributed by atoms with E-state index in [4.69, 9.17) is 0 Å². The zero-order valence-electron chi connectivity index (χ0n) is 14.2. The summed E-state index contributed by atoms with van der Waals surface area (Å²) in [4.78, 5) is 5.10. The number of hydrogen-bond donors (Lipinski definition) is 0. The number of piperazine rings is 1. The van der Waals surface area contributed by atoms with Gasteiger partial charge in [-0.15, -0.1) is 0 Å². The first kappa shape index (κ1) is 18.2. The maximum atomic E-state index is 3.47. The molecule has 2 aromatic rings. The molecule has 2 aromatic carbocycles. The van der Waals surface area contributed by atoms with Gasteiger partial charge in [0.25, 0.3) is 0 Å². The van der Waals surface area contributed by atoms with Gasteiger partial charge in [0.05, 0.1) is 0 Å². The standard InChI is InChI=1S/C14H21BrN2.C6H6/c1-12(2)17-9-7-16(8-10-17)11-13-3-5-14(15)6-4-13;1-2-4-6-5-3-1/h3-6,12H,7-11H2,1-2H3;1-6H. The minimum Gasteiger partial charge on any atom is -0.298 e. The monoisotopic (exact) mass is 374 g/mol. The number of hydrogen-bond acceptors (Lipinski definition) is 2. The van der Waals surface area contributed by atoms with E-state index in [1.54, 1.807) is 0 Å². The van der Waals surface area contributed by atoms with Crippen molar-refractivity contribution in [3.63, 3.8) is 0 Å². The molecular formula is C20H27BrN2. The van der Waals surface area contributed by atoms with Gasteiger partial charge in [-0.2, -0.15) is 0 Å². The van der Waals surface area contributed by atoms with Gasteiger partial charge in [-0.1, -0.05) is 64.5 Å². The van der Waals surface area contributed by atoms with E-state index in [9.17, 15) is 0 Å². The first-order valence-corrected chi connectivity index (χ1v) is 9.15. The van der Waals surface area contributed by atoms with Crippen molar-refractivity contribution in [1.29, 1.82) is 0 Å². The second-order valence-electron chi connectivity index (χ2n) is 6.19. The minimum absolute atomic E-state index is 0.685. The Morgan fingerprint density at radius 3 is 1.74 bits per heavy atom. The van der Waals surface area contributed by atoms with Crippen LogP contribution in [0.4, 0.5) is 0 Å². The molecule has 124 valence electrons. The Labute approximate surface area is 149 Å². The summed E-state index contributed by atoms with van der Waals surface area (Å²) in [6.45, 7) is 10.4. The molecule has 0 saturated carbocycles. The highest BCUT2D eigenvalue weighted by molar-refractivity contribution is 9.10. The van der Waals surface area contributed by atoms with Gasteiger partial charge in [-0.3, -0.25) is 9.80 Å². The topological polar surface area (TPSA) is 6.48 Å². The van der Waals surface area contributed by atoms with E-state index in [1.807, 2.05) is 36.4 Å². The Morgan fingerprint density at radius 1 is 0.826 bits per heavy atom. The van der Waals surface area contributed by atoms with Gasteiger partial charge in [0, 0.05) is 43.2 Å². The third-order valence-corrected chi connectivity index (χ3v) is 4.65.